The predicted octanol–water partition coefficient (Wildman–Crippen LogP) is 3.48. The number of fused-ring (bicyclic) bond motifs is 1. The maximum atomic E-state index is 9.69. The lowest BCUT2D eigenvalue weighted by Crippen LogP contribution is -1.90. The van der Waals surface area contributed by atoms with Gasteiger partial charge in [0.05, 0.1) is 11.8 Å². The molecule has 0 saturated carbocycles. The fourth-order valence-corrected chi connectivity index (χ4v) is 1.43. The molecule has 0 fully saturated rings. The molecule has 1 aromatic rings. The van der Waals surface area contributed by atoms with Crippen molar-refractivity contribution in [2.24, 2.45) is 0 Å². The van der Waals surface area contributed by atoms with Gasteiger partial charge in [-0.25, -0.2) is 0 Å². The maximum absolute atomic E-state index is 9.69. The van der Waals surface area contributed by atoms with Gasteiger partial charge in [-0.15, -0.1) is 12.4 Å². The van der Waals surface area contributed by atoms with Crippen molar-refractivity contribution in [3.8, 4) is 5.75 Å². The van der Waals surface area contributed by atoms with E-state index in [2.05, 4.69) is 6.92 Å². The van der Waals surface area contributed by atoms with Crippen molar-refractivity contribution in [1.82, 2.24) is 0 Å². The SMILES string of the molecule is CCc1ccc2c(c1)C(O)=CC=CO2.Cl. The Bertz CT molecular complexity index is 408. The van der Waals surface area contributed by atoms with Crippen LogP contribution in [0.15, 0.2) is 36.6 Å². The number of aliphatic hydroxyl groups excluding tert-OH is 1. The number of aliphatic hydroxyl groups is 1. The van der Waals surface area contributed by atoms with E-state index < -0.39 is 0 Å². The summed E-state index contributed by atoms with van der Waals surface area (Å²) in [5.74, 6) is 0.953. The summed E-state index contributed by atoms with van der Waals surface area (Å²) < 4.78 is 5.33. The molecule has 0 unspecified atom stereocenters. The predicted molar refractivity (Wildman–Crippen MR) is 63.4 cm³/mol. The molecule has 0 bridgehead atoms. The first-order valence-corrected chi connectivity index (χ1v) is 4.67. The molecule has 0 aliphatic carbocycles. The Morgan fingerprint density at radius 2 is 2.13 bits per heavy atom. The van der Waals surface area contributed by atoms with E-state index in [0.717, 1.165) is 12.0 Å². The normalized spacial score (nSPS) is 13.0. The van der Waals surface area contributed by atoms with Crippen LogP contribution in [0.5, 0.6) is 5.75 Å². The molecular formula is C12H13ClO2. The summed E-state index contributed by atoms with van der Waals surface area (Å²) in [5, 5.41) is 9.69. The van der Waals surface area contributed by atoms with Crippen LogP contribution in [0.2, 0.25) is 0 Å². The van der Waals surface area contributed by atoms with Gasteiger partial charge in [-0.3, -0.25) is 0 Å². The molecule has 0 spiro atoms. The molecule has 0 atom stereocenters. The van der Waals surface area contributed by atoms with Crippen LogP contribution in [0.25, 0.3) is 5.76 Å². The number of ether oxygens (including phenoxy) is 1. The second kappa shape index (κ2) is 4.89. The lowest BCUT2D eigenvalue weighted by molar-refractivity contribution is 0.471. The van der Waals surface area contributed by atoms with Crippen LogP contribution in [0, 0.1) is 0 Å². The zero-order chi connectivity index (χ0) is 9.97. The monoisotopic (exact) mass is 224 g/mol. The number of benzene rings is 1. The molecule has 1 aromatic carbocycles. The van der Waals surface area contributed by atoms with Gasteiger partial charge in [-0.1, -0.05) is 13.0 Å². The summed E-state index contributed by atoms with van der Waals surface area (Å²) in [4.78, 5) is 0. The van der Waals surface area contributed by atoms with E-state index >= 15 is 0 Å². The molecule has 0 saturated heterocycles. The van der Waals surface area contributed by atoms with Crippen molar-refractivity contribution in [2.75, 3.05) is 0 Å². The summed E-state index contributed by atoms with van der Waals surface area (Å²) in [6.45, 7) is 2.08. The fraction of sp³-hybridized carbons (Fsp3) is 0.167. The molecule has 3 heteroatoms. The molecule has 0 radical (unpaired) electrons. The first-order valence-electron chi connectivity index (χ1n) is 4.67. The lowest BCUT2D eigenvalue weighted by Gasteiger charge is -2.07. The highest BCUT2D eigenvalue weighted by Gasteiger charge is 2.09. The molecule has 1 N–H and O–H groups in total. The summed E-state index contributed by atoms with van der Waals surface area (Å²) in [5.41, 5.74) is 1.95. The van der Waals surface area contributed by atoms with E-state index in [4.69, 9.17) is 4.74 Å². The molecule has 1 aliphatic heterocycles. The van der Waals surface area contributed by atoms with Crippen molar-refractivity contribution < 1.29 is 9.84 Å². The van der Waals surface area contributed by atoms with Gasteiger partial charge in [-0.05, 0) is 36.3 Å². The number of aryl methyl sites for hydroxylation is 1. The molecule has 80 valence electrons. The average molecular weight is 225 g/mol. The average Bonchev–Trinajstić information content (AvgIpc) is 2.40. The van der Waals surface area contributed by atoms with Crippen LogP contribution in [-0.2, 0) is 6.42 Å². The van der Waals surface area contributed by atoms with Crippen molar-refractivity contribution in [3.05, 3.63) is 47.7 Å². The molecule has 1 heterocycles. The lowest BCUT2D eigenvalue weighted by atomic mass is 10.1. The third-order valence-corrected chi connectivity index (χ3v) is 2.26. The molecule has 15 heavy (non-hydrogen) atoms. The Kier molecular flexibility index (Phi) is 3.81. The fourth-order valence-electron chi connectivity index (χ4n) is 1.43. The Morgan fingerprint density at radius 3 is 2.87 bits per heavy atom. The third kappa shape index (κ3) is 2.34. The van der Waals surface area contributed by atoms with Crippen LogP contribution < -0.4 is 4.74 Å². The third-order valence-electron chi connectivity index (χ3n) is 2.26. The quantitative estimate of drug-likeness (QED) is 0.792. The van der Waals surface area contributed by atoms with Gasteiger partial charge in [0.2, 0.25) is 0 Å². The number of rotatable bonds is 1. The van der Waals surface area contributed by atoms with E-state index in [-0.39, 0.29) is 18.2 Å². The Hall–Kier alpha value is -1.41. The Balaban J connectivity index is 0.00000112. The van der Waals surface area contributed by atoms with Crippen LogP contribution >= 0.6 is 12.4 Å². The smallest absolute Gasteiger partial charge is 0.137 e. The zero-order valence-electron chi connectivity index (χ0n) is 8.43. The van der Waals surface area contributed by atoms with E-state index in [1.54, 1.807) is 18.4 Å². The van der Waals surface area contributed by atoms with Crippen molar-refractivity contribution in [1.29, 1.82) is 0 Å². The second-order valence-electron chi connectivity index (χ2n) is 3.18. The summed E-state index contributed by atoms with van der Waals surface area (Å²) in [6.07, 6.45) is 5.83. The molecular weight excluding hydrogens is 212 g/mol. The number of hydrogen-bond donors (Lipinski definition) is 1. The minimum absolute atomic E-state index is 0. The molecule has 2 nitrogen and oxygen atoms in total. The van der Waals surface area contributed by atoms with E-state index in [0.29, 0.717) is 5.75 Å². The number of hydrogen-bond acceptors (Lipinski definition) is 2. The van der Waals surface area contributed by atoms with E-state index in [1.165, 1.54) is 5.56 Å². The topological polar surface area (TPSA) is 29.5 Å². The number of allylic oxidation sites excluding steroid dienone is 2. The van der Waals surface area contributed by atoms with Crippen molar-refractivity contribution >= 4 is 18.2 Å². The highest BCUT2D eigenvalue weighted by Crippen LogP contribution is 2.28. The standard InChI is InChI=1S/C12H12O2.ClH/c1-2-9-5-6-12-10(8-9)11(13)4-3-7-14-12;/h3-8,13H,2H2,1H3;1H. The first kappa shape index (κ1) is 11.7. The van der Waals surface area contributed by atoms with Crippen LogP contribution in [0.1, 0.15) is 18.1 Å². The van der Waals surface area contributed by atoms with Crippen LogP contribution in [0.4, 0.5) is 0 Å². The van der Waals surface area contributed by atoms with Gasteiger partial charge in [0.1, 0.15) is 11.5 Å². The summed E-state index contributed by atoms with van der Waals surface area (Å²) in [6, 6.07) is 5.84. The van der Waals surface area contributed by atoms with Gasteiger partial charge < -0.3 is 9.84 Å². The molecule has 0 aromatic heterocycles. The molecule has 2 rings (SSSR count). The van der Waals surface area contributed by atoms with Gasteiger partial charge in [0.25, 0.3) is 0 Å². The van der Waals surface area contributed by atoms with E-state index in [9.17, 15) is 5.11 Å². The van der Waals surface area contributed by atoms with E-state index in [1.807, 2.05) is 18.2 Å². The van der Waals surface area contributed by atoms with Crippen molar-refractivity contribution in [3.63, 3.8) is 0 Å². The number of halogens is 1. The first-order chi connectivity index (χ1) is 6.81. The van der Waals surface area contributed by atoms with Gasteiger partial charge in [0.15, 0.2) is 0 Å². The largest absolute Gasteiger partial charge is 0.507 e. The summed E-state index contributed by atoms with van der Waals surface area (Å²) in [7, 11) is 0. The molecule has 0 amide bonds. The Labute approximate surface area is 95.3 Å². The second-order valence-corrected chi connectivity index (χ2v) is 3.18. The van der Waals surface area contributed by atoms with Gasteiger partial charge in [-0.2, -0.15) is 0 Å². The van der Waals surface area contributed by atoms with Crippen molar-refractivity contribution in [2.45, 2.75) is 13.3 Å². The maximum Gasteiger partial charge on any atom is 0.137 e. The minimum Gasteiger partial charge on any atom is -0.507 e. The molecule has 1 aliphatic rings. The summed E-state index contributed by atoms with van der Waals surface area (Å²) >= 11 is 0. The zero-order valence-corrected chi connectivity index (χ0v) is 9.25. The van der Waals surface area contributed by atoms with Crippen LogP contribution in [-0.4, -0.2) is 5.11 Å². The highest BCUT2D eigenvalue weighted by molar-refractivity contribution is 5.85. The Morgan fingerprint density at radius 1 is 1.33 bits per heavy atom. The minimum atomic E-state index is 0. The highest BCUT2D eigenvalue weighted by atomic mass is 35.5. The van der Waals surface area contributed by atoms with Gasteiger partial charge in [0, 0.05) is 0 Å². The van der Waals surface area contributed by atoms with Crippen LogP contribution in [0.3, 0.4) is 0 Å². The van der Waals surface area contributed by atoms with Gasteiger partial charge >= 0.3 is 0 Å².